The van der Waals surface area contributed by atoms with Crippen LogP contribution in [0.3, 0.4) is 0 Å². The third-order valence-corrected chi connectivity index (χ3v) is 4.60. The minimum Gasteiger partial charge on any atom is -0.497 e. The maximum Gasteiger partial charge on any atom is 0.387 e. The quantitative estimate of drug-likeness (QED) is 0.786. The van der Waals surface area contributed by atoms with E-state index < -0.39 is 6.61 Å². The number of carbonyl (C=O) groups excluding carboxylic acids is 1. The lowest BCUT2D eigenvalue weighted by atomic mass is 10.2. The molecule has 6 nitrogen and oxygen atoms in total. The molecule has 1 N–H and O–H groups in total. The van der Waals surface area contributed by atoms with Gasteiger partial charge in [-0.25, -0.2) is 0 Å². The van der Waals surface area contributed by atoms with Crippen LogP contribution in [0.5, 0.6) is 11.5 Å². The van der Waals surface area contributed by atoms with Gasteiger partial charge in [-0.2, -0.15) is 8.78 Å². The molecule has 150 valence electrons. The van der Waals surface area contributed by atoms with Crippen LogP contribution in [-0.2, 0) is 4.79 Å². The number of amides is 1. The minimum atomic E-state index is -2.91. The molecule has 2 aromatic carbocycles. The monoisotopic (exact) mass is 391 g/mol. The Morgan fingerprint density at radius 2 is 1.75 bits per heavy atom. The molecule has 1 saturated heterocycles. The van der Waals surface area contributed by atoms with Crippen molar-refractivity contribution in [1.29, 1.82) is 0 Å². The summed E-state index contributed by atoms with van der Waals surface area (Å²) < 4.78 is 34.6. The molecule has 28 heavy (non-hydrogen) atoms. The molecule has 0 aromatic heterocycles. The number of hydrogen-bond acceptors (Lipinski definition) is 5. The molecule has 0 bridgehead atoms. The minimum absolute atomic E-state index is 0.0200. The van der Waals surface area contributed by atoms with E-state index in [1.807, 2.05) is 24.3 Å². The number of benzene rings is 2. The zero-order chi connectivity index (χ0) is 19.9. The average Bonchev–Trinajstić information content (AvgIpc) is 2.73. The van der Waals surface area contributed by atoms with Crippen LogP contribution in [0.25, 0.3) is 0 Å². The van der Waals surface area contributed by atoms with E-state index in [-0.39, 0.29) is 18.2 Å². The highest BCUT2D eigenvalue weighted by molar-refractivity contribution is 5.81. The number of halogens is 2. The van der Waals surface area contributed by atoms with Gasteiger partial charge in [-0.3, -0.25) is 4.79 Å². The Morgan fingerprint density at radius 3 is 2.39 bits per heavy atom. The molecule has 1 aliphatic rings. The van der Waals surface area contributed by atoms with Crippen LogP contribution < -0.4 is 19.7 Å². The number of hydrogen-bond donors (Lipinski definition) is 1. The molecule has 0 saturated carbocycles. The van der Waals surface area contributed by atoms with Crippen molar-refractivity contribution >= 4 is 17.3 Å². The summed E-state index contributed by atoms with van der Waals surface area (Å²) in [7, 11) is 1.63. The predicted octanol–water partition coefficient (Wildman–Crippen LogP) is 3.06. The Labute approximate surface area is 162 Å². The number of anilines is 2. The van der Waals surface area contributed by atoms with E-state index in [1.165, 1.54) is 6.07 Å². The Hall–Kier alpha value is -3.03. The number of rotatable bonds is 7. The smallest absolute Gasteiger partial charge is 0.387 e. The normalized spacial score (nSPS) is 14.1. The molecule has 0 aliphatic carbocycles. The van der Waals surface area contributed by atoms with Gasteiger partial charge in [0.05, 0.1) is 19.3 Å². The summed E-state index contributed by atoms with van der Waals surface area (Å²) >= 11 is 0. The van der Waals surface area contributed by atoms with E-state index in [0.717, 1.165) is 24.5 Å². The molecular formula is C20H23F2N3O3. The maximum atomic E-state index is 12.5. The summed E-state index contributed by atoms with van der Waals surface area (Å²) in [4.78, 5) is 16.4. The number of carbonyl (C=O) groups is 1. The number of nitrogens with one attached hydrogen (secondary N) is 1. The lowest BCUT2D eigenvalue weighted by molar-refractivity contribution is -0.129. The Balaban J connectivity index is 1.50. The Bertz CT molecular complexity index is 779. The fraction of sp³-hybridized carbons (Fsp3) is 0.350. The van der Waals surface area contributed by atoms with Crippen LogP contribution in [0.1, 0.15) is 0 Å². The van der Waals surface area contributed by atoms with Gasteiger partial charge in [-0.1, -0.05) is 12.1 Å². The van der Waals surface area contributed by atoms with Crippen LogP contribution in [0, 0.1) is 0 Å². The van der Waals surface area contributed by atoms with Gasteiger partial charge in [0.15, 0.2) is 0 Å². The summed E-state index contributed by atoms with van der Waals surface area (Å²) in [5.74, 6) is 0.746. The van der Waals surface area contributed by atoms with Crippen molar-refractivity contribution in [3.8, 4) is 11.5 Å². The molecule has 0 atom stereocenters. The Kier molecular flexibility index (Phi) is 6.52. The van der Waals surface area contributed by atoms with Crippen molar-refractivity contribution in [3.05, 3.63) is 48.5 Å². The third-order valence-electron chi connectivity index (χ3n) is 4.60. The first-order chi connectivity index (χ1) is 13.6. The predicted molar refractivity (Wildman–Crippen MR) is 103 cm³/mol. The first-order valence-electron chi connectivity index (χ1n) is 9.01. The van der Waals surface area contributed by atoms with E-state index in [0.29, 0.717) is 18.8 Å². The number of methoxy groups -OCH3 is 1. The molecule has 0 spiro atoms. The zero-order valence-corrected chi connectivity index (χ0v) is 15.6. The molecule has 0 radical (unpaired) electrons. The van der Waals surface area contributed by atoms with Gasteiger partial charge in [-0.05, 0) is 36.4 Å². The first-order valence-corrected chi connectivity index (χ1v) is 9.01. The lowest BCUT2D eigenvalue weighted by Crippen LogP contribution is -2.50. The van der Waals surface area contributed by atoms with Gasteiger partial charge in [0.2, 0.25) is 5.91 Å². The van der Waals surface area contributed by atoms with E-state index in [4.69, 9.17) is 4.74 Å². The van der Waals surface area contributed by atoms with Crippen molar-refractivity contribution in [2.75, 3.05) is 50.1 Å². The standard InChI is InChI=1S/C20H23F2N3O3/c1-27-16-8-6-15(7-9-16)24-10-12-25(13-11-24)19(26)14-23-17-4-2-3-5-18(17)28-20(21)22/h2-9,20,23H,10-14H2,1H3. The SMILES string of the molecule is COc1ccc(N2CCN(C(=O)CNc3ccccc3OC(F)F)CC2)cc1. The van der Waals surface area contributed by atoms with Gasteiger partial charge < -0.3 is 24.6 Å². The lowest BCUT2D eigenvalue weighted by Gasteiger charge is -2.36. The van der Waals surface area contributed by atoms with Crippen molar-refractivity contribution in [2.45, 2.75) is 6.61 Å². The van der Waals surface area contributed by atoms with Crippen LogP contribution in [0.4, 0.5) is 20.2 Å². The van der Waals surface area contributed by atoms with Crippen LogP contribution in [-0.4, -0.2) is 57.3 Å². The zero-order valence-electron chi connectivity index (χ0n) is 15.6. The fourth-order valence-corrected chi connectivity index (χ4v) is 3.10. The van der Waals surface area contributed by atoms with Crippen LogP contribution in [0.15, 0.2) is 48.5 Å². The van der Waals surface area contributed by atoms with Gasteiger partial charge in [-0.15, -0.1) is 0 Å². The number of ether oxygens (including phenoxy) is 2. The molecule has 1 aliphatic heterocycles. The number of nitrogens with zero attached hydrogens (tertiary/aromatic N) is 2. The van der Waals surface area contributed by atoms with E-state index in [1.54, 1.807) is 30.2 Å². The van der Waals surface area contributed by atoms with Crippen LogP contribution in [0.2, 0.25) is 0 Å². The first kappa shape index (κ1) is 19.7. The average molecular weight is 391 g/mol. The number of piperazine rings is 1. The molecular weight excluding hydrogens is 368 g/mol. The summed E-state index contributed by atoms with van der Waals surface area (Å²) in [6, 6.07) is 14.2. The van der Waals surface area contributed by atoms with E-state index >= 15 is 0 Å². The largest absolute Gasteiger partial charge is 0.497 e. The van der Waals surface area contributed by atoms with Crippen molar-refractivity contribution < 1.29 is 23.0 Å². The second-order valence-electron chi connectivity index (χ2n) is 6.29. The molecule has 2 aromatic rings. The molecule has 1 amide bonds. The van der Waals surface area contributed by atoms with Crippen molar-refractivity contribution in [1.82, 2.24) is 4.90 Å². The van der Waals surface area contributed by atoms with E-state index in [9.17, 15) is 13.6 Å². The highest BCUT2D eigenvalue weighted by Gasteiger charge is 2.21. The Morgan fingerprint density at radius 1 is 1.07 bits per heavy atom. The molecule has 0 unspecified atom stereocenters. The summed E-state index contributed by atoms with van der Waals surface area (Å²) in [5, 5.41) is 2.89. The summed E-state index contributed by atoms with van der Waals surface area (Å²) in [5.41, 5.74) is 1.46. The highest BCUT2D eigenvalue weighted by atomic mass is 19.3. The third kappa shape index (κ3) is 5.03. The highest BCUT2D eigenvalue weighted by Crippen LogP contribution is 2.25. The second kappa shape index (κ2) is 9.25. The summed E-state index contributed by atoms with van der Waals surface area (Å²) in [6.07, 6.45) is 0. The number of alkyl halides is 2. The van der Waals surface area contributed by atoms with Gasteiger partial charge >= 0.3 is 6.61 Å². The fourth-order valence-electron chi connectivity index (χ4n) is 3.10. The van der Waals surface area contributed by atoms with Crippen molar-refractivity contribution in [3.63, 3.8) is 0 Å². The molecule has 3 rings (SSSR count). The van der Waals surface area contributed by atoms with E-state index in [2.05, 4.69) is 15.0 Å². The maximum absolute atomic E-state index is 12.5. The molecule has 8 heteroatoms. The molecule has 1 heterocycles. The van der Waals surface area contributed by atoms with Gasteiger partial charge in [0.25, 0.3) is 0 Å². The number of para-hydroxylation sites is 2. The topological polar surface area (TPSA) is 54.0 Å². The summed E-state index contributed by atoms with van der Waals surface area (Å²) in [6.45, 7) is -0.244. The second-order valence-corrected chi connectivity index (χ2v) is 6.29. The van der Waals surface area contributed by atoms with Crippen LogP contribution >= 0.6 is 0 Å². The van der Waals surface area contributed by atoms with Gasteiger partial charge in [0.1, 0.15) is 11.5 Å². The van der Waals surface area contributed by atoms with Crippen molar-refractivity contribution in [2.24, 2.45) is 0 Å². The van der Waals surface area contributed by atoms with Gasteiger partial charge in [0, 0.05) is 31.9 Å². The molecule has 1 fully saturated rings.